The summed E-state index contributed by atoms with van der Waals surface area (Å²) in [6.45, 7) is 7.76. The number of hydrogen-bond acceptors (Lipinski definition) is 3. The molecule has 0 amide bonds. The van der Waals surface area contributed by atoms with Crippen LogP contribution < -0.4 is 4.74 Å². The van der Waals surface area contributed by atoms with E-state index in [0.717, 1.165) is 11.1 Å². The van der Waals surface area contributed by atoms with Gasteiger partial charge in [-0.05, 0) is 29.0 Å². The first kappa shape index (κ1) is 15.3. The number of aromatic hydroxyl groups is 1. The van der Waals surface area contributed by atoms with Crippen LogP contribution in [0.4, 0.5) is 0 Å². The fraction of sp³-hybridized carbons (Fsp3) is 0.533. The highest BCUT2D eigenvalue weighted by Gasteiger charge is 2.21. The Kier molecular flexibility index (Phi) is 4.45. The van der Waals surface area contributed by atoms with Gasteiger partial charge in [0.15, 0.2) is 11.5 Å². The van der Waals surface area contributed by atoms with Gasteiger partial charge in [0.25, 0.3) is 0 Å². The molecule has 1 aromatic rings. The summed E-state index contributed by atoms with van der Waals surface area (Å²) in [5, 5.41) is 19.0. The molecule has 1 atom stereocenters. The van der Waals surface area contributed by atoms with Crippen LogP contribution in [0.1, 0.15) is 38.8 Å². The van der Waals surface area contributed by atoms with Crippen molar-refractivity contribution in [2.75, 3.05) is 7.11 Å². The Morgan fingerprint density at radius 2 is 1.95 bits per heavy atom. The zero-order chi connectivity index (χ0) is 14.8. The zero-order valence-corrected chi connectivity index (χ0v) is 12.2. The maximum atomic E-state index is 11.0. The molecular weight excluding hydrogens is 244 g/mol. The van der Waals surface area contributed by atoms with Crippen molar-refractivity contribution in [2.24, 2.45) is 5.92 Å². The van der Waals surface area contributed by atoms with Crippen molar-refractivity contribution >= 4 is 5.97 Å². The lowest BCUT2D eigenvalue weighted by Gasteiger charge is -2.22. The minimum Gasteiger partial charge on any atom is -0.504 e. The van der Waals surface area contributed by atoms with Gasteiger partial charge in [-0.2, -0.15) is 0 Å². The summed E-state index contributed by atoms with van der Waals surface area (Å²) in [5.74, 6) is -0.963. The summed E-state index contributed by atoms with van der Waals surface area (Å²) in [7, 11) is 1.47. The predicted molar refractivity (Wildman–Crippen MR) is 73.9 cm³/mol. The van der Waals surface area contributed by atoms with Gasteiger partial charge in [0, 0.05) is 0 Å². The minimum absolute atomic E-state index is 0.0579. The maximum Gasteiger partial charge on any atom is 0.306 e. The van der Waals surface area contributed by atoms with Crippen molar-refractivity contribution in [3.8, 4) is 11.5 Å². The number of ether oxygens (including phenoxy) is 1. The molecule has 0 heterocycles. The van der Waals surface area contributed by atoms with Gasteiger partial charge in [0.05, 0.1) is 13.0 Å². The van der Waals surface area contributed by atoms with Crippen LogP contribution in [0, 0.1) is 5.92 Å². The highest BCUT2D eigenvalue weighted by Crippen LogP contribution is 2.37. The van der Waals surface area contributed by atoms with E-state index in [2.05, 4.69) is 0 Å². The molecule has 0 aromatic heterocycles. The second-order valence-electron chi connectivity index (χ2n) is 5.88. The summed E-state index contributed by atoms with van der Waals surface area (Å²) < 4.78 is 5.18. The van der Waals surface area contributed by atoms with E-state index in [4.69, 9.17) is 9.84 Å². The molecule has 0 fully saturated rings. The maximum absolute atomic E-state index is 11.0. The Labute approximate surface area is 114 Å². The summed E-state index contributed by atoms with van der Waals surface area (Å²) >= 11 is 0. The second-order valence-corrected chi connectivity index (χ2v) is 5.88. The number of carboxylic acids is 1. The summed E-state index contributed by atoms with van der Waals surface area (Å²) in [6, 6.07) is 3.59. The zero-order valence-electron chi connectivity index (χ0n) is 12.2. The van der Waals surface area contributed by atoms with Gasteiger partial charge in [-0.1, -0.05) is 33.8 Å². The van der Waals surface area contributed by atoms with Crippen LogP contribution in [0.2, 0.25) is 0 Å². The number of carboxylic acid groups (broad SMARTS) is 1. The molecule has 0 aliphatic carbocycles. The van der Waals surface area contributed by atoms with Crippen molar-refractivity contribution in [1.29, 1.82) is 0 Å². The monoisotopic (exact) mass is 266 g/mol. The number of hydrogen-bond donors (Lipinski definition) is 2. The molecule has 0 radical (unpaired) electrons. The predicted octanol–water partition coefficient (Wildman–Crippen LogP) is 2.96. The van der Waals surface area contributed by atoms with E-state index in [9.17, 15) is 9.90 Å². The van der Waals surface area contributed by atoms with Crippen molar-refractivity contribution in [1.82, 2.24) is 0 Å². The number of carbonyl (C=O) groups is 1. The van der Waals surface area contributed by atoms with Crippen molar-refractivity contribution in [3.63, 3.8) is 0 Å². The van der Waals surface area contributed by atoms with Gasteiger partial charge in [-0.3, -0.25) is 4.79 Å². The van der Waals surface area contributed by atoms with E-state index in [0.29, 0.717) is 12.2 Å². The number of phenols is 1. The van der Waals surface area contributed by atoms with E-state index in [1.54, 1.807) is 13.0 Å². The van der Waals surface area contributed by atoms with Gasteiger partial charge < -0.3 is 14.9 Å². The molecule has 4 heteroatoms. The van der Waals surface area contributed by atoms with Gasteiger partial charge in [-0.15, -0.1) is 0 Å². The number of rotatable bonds is 4. The van der Waals surface area contributed by atoms with Crippen LogP contribution in [-0.2, 0) is 16.6 Å². The molecule has 1 rings (SSSR count). The first-order valence-electron chi connectivity index (χ1n) is 6.30. The molecule has 1 aromatic carbocycles. The van der Waals surface area contributed by atoms with Crippen LogP contribution in [0.15, 0.2) is 12.1 Å². The Morgan fingerprint density at radius 3 is 2.37 bits per heavy atom. The van der Waals surface area contributed by atoms with Crippen LogP contribution in [-0.4, -0.2) is 23.3 Å². The summed E-state index contributed by atoms with van der Waals surface area (Å²) in [6.07, 6.45) is 0.329. The number of phenolic OH excluding ortho intramolecular Hbond substituents is 1. The molecule has 106 valence electrons. The number of benzene rings is 1. The molecule has 0 aliphatic rings. The Hall–Kier alpha value is -1.71. The van der Waals surface area contributed by atoms with Crippen molar-refractivity contribution in [3.05, 3.63) is 23.3 Å². The third-order valence-corrected chi connectivity index (χ3v) is 3.16. The van der Waals surface area contributed by atoms with Crippen LogP contribution in [0.5, 0.6) is 11.5 Å². The van der Waals surface area contributed by atoms with E-state index in [1.807, 2.05) is 26.8 Å². The quantitative estimate of drug-likeness (QED) is 0.879. The molecule has 19 heavy (non-hydrogen) atoms. The second kappa shape index (κ2) is 5.51. The molecule has 0 saturated heterocycles. The summed E-state index contributed by atoms with van der Waals surface area (Å²) in [5.41, 5.74) is 1.56. The van der Waals surface area contributed by atoms with Gasteiger partial charge in [0.1, 0.15) is 0 Å². The summed E-state index contributed by atoms with van der Waals surface area (Å²) in [4.78, 5) is 11.0. The molecule has 0 spiro atoms. The molecular formula is C15H22O4. The molecule has 0 bridgehead atoms. The minimum atomic E-state index is -0.859. The van der Waals surface area contributed by atoms with Crippen molar-refractivity contribution in [2.45, 2.75) is 39.5 Å². The molecule has 2 N–H and O–H groups in total. The highest BCUT2D eigenvalue weighted by atomic mass is 16.5. The lowest BCUT2D eigenvalue weighted by atomic mass is 9.84. The van der Waals surface area contributed by atoms with E-state index in [-0.39, 0.29) is 11.2 Å². The lowest BCUT2D eigenvalue weighted by Crippen LogP contribution is -2.15. The first-order chi connectivity index (χ1) is 8.66. The average molecular weight is 266 g/mol. The third kappa shape index (κ3) is 3.63. The normalized spacial score (nSPS) is 13.1. The molecule has 0 saturated carbocycles. The van der Waals surface area contributed by atoms with Crippen LogP contribution in [0.3, 0.4) is 0 Å². The third-order valence-electron chi connectivity index (χ3n) is 3.16. The smallest absolute Gasteiger partial charge is 0.306 e. The molecule has 1 unspecified atom stereocenters. The van der Waals surface area contributed by atoms with Gasteiger partial charge in [-0.25, -0.2) is 0 Å². The topological polar surface area (TPSA) is 66.8 Å². The molecule has 4 nitrogen and oxygen atoms in total. The van der Waals surface area contributed by atoms with E-state index in [1.165, 1.54) is 7.11 Å². The fourth-order valence-corrected chi connectivity index (χ4v) is 1.91. The Morgan fingerprint density at radius 1 is 1.37 bits per heavy atom. The van der Waals surface area contributed by atoms with Gasteiger partial charge in [0.2, 0.25) is 0 Å². The van der Waals surface area contributed by atoms with E-state index >= 15 is 0 Å². The van der Waals surface area contributed by atoms with Crippen LogP contribution in [0.25, 0.3) is 0 Å². The number of methoxy groups -OCH3 is 1. The van der Waals surface area contributed by atoms with E-state index < -0.39 is 11.9 Å². The Bertz CT molecular complexity index is 472. The average Bonchev–Trinajstić information content (AvgIpc) is 2.27. The van der Waals surface area contributed by atoms with Gasteiger partial charge >= 0.3 is 5.97 Å². The molecule has 0 aliphatic heterocycles. The standard InChI is InChI=1S/C15H22O4/c1-9(14(17)18)6-10-7-11(15(2,3)4)8-12(16)13(10)19-5/h7-9,16H,6H2,1-5H3,(H,17,18). The van der Waals surface area contributed by atoms with Crippen LogP contribution >= 0.6 is 0 Å². The highest BCUT2D eigenvalue weighted by molar-refractivity contribution is 5.70. The largest absolute Gasteiger partial charge is 0.504 e. The van der Waals surface area contributed by atoms with Crippen molar-refractivity contribution < 1.29 is 19.7 Å². The fourth-order valence-electron chi connectivity index (χ4n) is 1.91. The first-order valence-corrected chi connectivity index (χ1v) is 6.30. The SMILES string of the molecule is COc1c(O)cc(C(C)(C)C)cc1CC(C)C(=O)O. The Balaban J connectivity index is 3.27. The lowest BCUT2D eigenvalue weighted by molar-refractivity contribution is -0.141. The number of aliphatic carboxylic acids is 1.